The quantitative estimate of drug-likeness (QED) is 0.494. The van der Waals surface area contributed by atoms with Crippen LogP contribution >= 0.6 is 0 Å². The smallest absolute Gasteiger partial charge is 0.0443 e. The fourth-order valence-corrected chi connectivity index (χ4v) is 1.47. The Hall–Kier alpha value is 0. The van der Waals surface area contributed by atoms with Crippen LogP contribution in [0.4, 0.5) is 0 Å². The van der Waals surface area contributed by atoms with Gasteiger partial charge in [-0.2, -0.15) is 0 Å². The Bertz CT molecular complexity index is 86.2. The normalized spacial score (nSPS) is 25.6. The summed E-state index contributed by atoms with van der Waals surface area (Å²) in [6.45, 7) is 4.64. The molecule has 0 amide bonds. The number of hydrogen-bond donors (Lipinski definition) is 0. The van der Waals surface area contributed by atoms with Crippen LogP contribution in [-0.2, 0) is 0 Å². The molecule has 0 saturated heterocycles. The average molecular weight is 154 g/mol. The third-order valence-corrected chi connectivity index (χ3v) is 2.76. The fourth-order valence-electron chi connectivity index (χ4n) is 1.47. The van der Waals surface area contributed by atoms with Crippen molar-refractivity contribution in [2.45, 2.75) is 58.8 Å². The zero-order valence-electron chi connectivity index (χ0n) is 8.10. The standard InChI is InChI=1S/C7H14.C4H8/c1-7-5-3-2-4-6-7;1-4-2-3-4/h7H,2-6H2,1H3;4H,2-3H2,1H3. The van der Waals surface area contributed by atoms with Crippen molar-refractivity contribution >= 4 is 0 Å². The zero-order chi connectivity index (χ0) is 8.10. The van der Waals surface area contributed by atoms with E-state index < -0.39 is 0 Å². The van der Waals surface area contributed by atoms with Gasteiger partial charge in [0.25, 0.3) is 0 Å². The molecule has 0 aromatic rings. The second-order valence-corrected chi connectivity index (χ2v) is 4.43. The van der Waals surface area contributed by atoms with Gasteiger partial charge in [-0.25, -0.2) is 0 Å². The largest absolute Gasteiger partial charge is 0.0625 e. The van der Waals surface area contributed by atoms with Crippen LogP contribution in [-0.4, -0.2) is 0 Å². The minimum atomic E-state index is 1.04. The third kappa shape index (κ3) is 5.29. The SMILES string of the molecule is CC1CC1.CC1CCCCC1. The first-order chi connectivity index (χ1) is 5.29. The van der Waals surface area contributed by atoms with Crippen molar-refractivity contribution in [2.24, 2.45) is 11.8 Å². The Kier molecular flexibility index (Phi) is 3.96. The van der Waals surface area contributed by atoms with Crippen LogP contribution < -0.4 is 0 Å². The predicted molar refractivity (Wildman–Crippen MR) is 50.6 cm³/mol. The van der Waals surface area contributed by atoms with Crippen LogP contribution in [0.3, 0.4) is 0 Å². The van der Waals surface area contributed by atoms with Gasteiger partial charge in [0.2, 0.25) is 0 Å². The maximum atomic E-state index is 2.36. The molecule has 0 radical (unpaired) electrons. The van der Waals surface area contributed by atoms with Crippen LogP contribution in [0, 0.1) is 11.8 Å². The number of hydrogen-bond acceptors (Lipinski definition) is 0. The van der Waals surface area contributed by atoms with Gasteiger partial charge >= 0.3 is 0 Å². The van der Waals surface area contributed by atoms with E-state index in [1.807, 2.05) is 0 Å². The summed E-state index contributed by atoms with van der Waals surface area (Å²) in [6.07, 6.45) is 10.4. The molecule has 0 nitrogen and oxygen atoms in total. The van der Waals surface area contributed by atoms with E-state index in [-0.39, 0.29) is 0 Å². The Morgan fingerprint density at radius 3 is 1.27 bits per heavy atom. The summed E-state index contributed by atoms with van der Waals surface area (Å²) >= 11 is 0. The van der Waals surface area contributed by atoms with Crippen molar-refractivity contribution in [3.63, 3.8) is 0 Å². The molecule has 0 heterocycles. The first-order valence-corrected chi connectivity index (χ1v) is 5.29. The number of rotatable bonds is 0. The van der Waals surface area contributed by atoms with Gasteiger partial charge in [-0.1, -0.05) is 58.8 Å². The Morgan fingerprint density at radius 2 is 1.09 bits per heavy atom. The van der Waals surface area contributed by atoms with Gasteiger partial charge in [0.05, 0.1) is 0 Å². The van der Waals surface area contributed by atoms with E-state index in [4.69, 9.17) is 0 Å². The highest BCUT2D eigenvalue weighted by Crippen LogP contribution is 2.26. The summed E-state index contributed by atoms with van der Waals surface area (Å²) in [5.41, 5.74) is 0. The summed E-state index contributed by atoms with van der Waals surface area (Å²) in [7, 11) is 0. The van der Waals surface area contributed by atoms with Crippen molar-refractivity contribution in [1.82, 2.24) is 0 Å². The van der Waals surface area contributed by atoms with E-state index in [1.165, 1.54) is 44.9 Å². The Morgan fingerprint density at radius 1 is 0.636 bits per heavy atom. The minimum absolute atomic E-state index is 1.04. The molecule has 2 aliphatic rings. The second kappa shape index (κ2) is 4.79. The summed E-state index contributed by atoms with van der Waals surface area (Å²) in [5, 5.41) is 0. The average Bonchev–Trinajstić information content (AvgIpc) is 2.75. The van der Waals surface area contributed by atoms with Crippen LogP contribution in [0.1, 0.15) is 58.8 Å². The van der Waals surface area contributed by atoms with Crippen LogP contribution in [0.5, 0.6) is 0 Å². The highest BCUT2D eigenvalue weighted by molar-refractivity contribution is 4.65. The van der Waals surface area contributed by atoms with Gasteiger partial charge in [0.15, 0.2) is 0 Å². The van der Waals surface area contributed by atoms with Crippen LogP contribution in [0.2, 0.25) is 0 Å². The van der Waals surface area contributed by atoms with Crippen molar-refractivity contribution in [2.75, 3.05) is 0 Å². The molecule has 0 bridgehead atoms. The summed E-state index contributed by atoms with van der Waals surface area (Å²) in [6, 6.07) is 0. The first kappa shape index (κ1) is 9.09. The first-order valence-electron chi connectivity index (χ1n) is 5.29. The van der Waals surface area contributed by atoms with E-state index >= 15 is 0 Å². The third-order valence-electron chi connectivity index (χ3n) is 2.76. The molecule has 0 heteroatoms. The molecular weight excluding hydrogens is 132 g/mol. The summed E-state index contributed by atoms with van der Waals surface area (Å²) in [5.74, 6) is 2.12. The maximum absolute atomic E-state index is 2.36. The predicted octanol–water partition coefficient (Wildman–Crippen LogP) is 4.00. The van der Waals surface area contributed by atoms with Crippen molar-refractivity contribution in [3.05, 3.63) is 0 Å². The molecule has 0 aromatic heterocycles. The lowest BCUT2D eigenvalue weighted by Crippen LogP contribution is -1.99. The fraction of sp³-hybridized carbons (Fsp3) is 1.00. The van der Waals surface area contributed by atoms with Gasteiger partial charge in [0.1, 0.15) is 0 Å². The van der Waals surface area contributed by atoms with Gasteiger partial charge in [0, 0.05) is 0 Å². The molecule has 66 valence electrons. The lowest BCUT2D eigenvalue weighted by atomic mass is 9.91. The van der Waals surface area contributed by atoms with Crippen molar-refractivity contribution in [3.8, 4) is 0 Å². The minimum Gasteiger partial charge on any atom is -0.0625 e. The Balaban J connectivity index is 0.000000128. The van der Waals surface area contributed by atoms with Gasteiger partial charge in [-0.05, 0) is 11.8 Å². The van der Waals surface area contributed by atoms with E-state index in [0.29, 0.717) is 0 Å². The molecule has 11 heavy (non-hydrogen) atoms. The monoisotopic (exact) mass is 154 g/mol. The van der Waals surface area contributed by atoms with E-state index in [0.717, 1.165) is 11.8 Å². The van der Waals surface area contributed by atoms with E-state index in [1.54, 1.807) is 0 Å². The summed E-state index contributed by atoms with van der Waals surface area (Å²) in [4.78, 5) is 0. The Labute approximate surface area is 71.4 Å². The lowest BCUT2D eigenvalue weighted by molar-refractivity contribution is 0.385. The molecule has 2 saturated carbocycles. The molecule has 0 aromatic carbocycles. The van der Waals surface area contributed by atoms with Gasteiger partial charge < -0.3 is 0 Å². The zero-order valence-corrected chi connectivity index (χ0v) is 8.10. The second-order valence-electron chi connectivity index (χ2n) is 4.43. The topological polar surface area (TPSA) is 0 Å². The molecule has 2 fully saturated rings. The molecule has 0 N–H and O–H groups in total. The van der Waals surface area contributed by atoms with Crippen molar-refractivity contribution in [1.29, 1.82) is 0 Å². The molecular formula is C11H22. The molecule has 0 atom stereocenters. The maximum Gasteiger partial charge on any atom is -0.0443 e. The van der Waals surface area contributed by atoms with E-state index in [9.17, 15) is 0 Å². The summed E-state index contributed by atoms with van der Waals surface area (Å²) < 4.78 is 0. The van der Waals surface area contributed by atoms with Gasteiger partial charge in [-0.15, -0.1) is 0 Å². The van der Waals surface area contributed by atoms with Crippen molar-refractivity contribution < 1.29 is 0 Å². The molecule has 0 spiro atoms. The molecule has 0 aliphatic heterocycles. The molecule has 2 aliphatic carbocycles. The highest BCUT2D eigenvalue weighted by atomic mass is 14.2. The van der Waals surface area contributed by atoms with Crippen LogP contribution in [0.15, 0.2) is 0 Å². The highest BCUT2D eigenvalue weighted by Gasteiger charge is 2.12. The van der Waals surface area contributed by atoms with E-state index in [2.05, 4.69) is 13.8 Å². The molecule has 2 rings (SSSR count). The lowest BCUT2D eigenvalue weighted by Gasteiger charge is -2.15. The molecule has 0 unspecified atom stereocenters. The van der Waals surface area contributed by atoms with Crippen LogP contribution in [0.25, 0.3) is 0 Å². The van der Waals surface area contributed by atoms with Gasteiger partial charge in [-0.3, -0.25) is 0 Å².